The lowest BCUT2D eigenvalue weighted by molar-refractivity contribution is 0.533. The van der Waals surface area contributed by atoms with Gasteiger partial charge in [-0.2, -0.15) is 9.49 Å². The Hall–Kier alpha value is -1.23. The third-order valence-corrected chi connectivity index (χ3v) is 2.21. The zero-order chi connectivity index (χ0) is 8.55. The molecule has 0 saturated heterocycles. The molecule has 0 aliphatic heterocycles. The average Bonchev–Trinajstić information content (AvgIpc) is 2.64. The second-order valence-electron chi connectivity index (χ2n) is 2.20. The first-order valence-electron chi connectivity index (χ1n) is 3.21. The number of hydrogen-bond acceptors (Lipinski definition) is 2. The SMILES string of the molecule is Fc1scc(-c2cc[nH]n2)c1F. The Kier molecular flexibility index (Phi) is 1.65. The van der Waals surface area contributed by atoms with Crippen molar-refractivity contribution in [2.45, 2.75) is 0 Å². The number of aromatic nitrogens is 2. The zero-order valence-corrected chi connectivity index (χ0v) is 6.66. The van der Waals surface area contributed by atoms with Crippen molar-refractivity contribution in [3.05, 3.63) is 28.6 Å². The van der Waals surface area contributed by atoms with E-state index in [4.69, 9.17) is 0 Å². The topological polar surface area (TPSA) is 28.7 Å². The molecule has 2 aromatic heterocycles. The van der Waals surface area contributed by atoms with E-state index >= 15 is 0 Å². The lowest BCUT2D eigenvalue weighted by Gasteiger charge is -1.88. The predicted molar refractivity (Wildman–Crippen MR) is 41.8 cm³/mol. The van der Waals surface area contributed by atoms with Crippen LogP contribution in [0.5, 0.6) is 0 Å². The number of aromatic amines is 1. The Morgan fingerprint density at radius 2 is 2.25 bits per heavy atom. The molecule has 0 fully saturated rings. The maximum atomic E-state index is 12.9. The van der Waals surface area contributed by atoms with Crippen LogP contribution in [0.25, 0.3) is 11.3 Å². The summed E-state index contributed by atoms with van der Waals surface area (Å²) in [5.41, 5.74) is 0.631. The van der Waals surface area contributed by atoms with Gasteiger partial charge in [-0.1, -0.05) is 0 Å². The van der Waals surface area contributed by atoms with Gasteiger partial charge in [0, 0.05) is 11.6 Å². The van der Waals surface area contributed by atoms with E-state index in [1.165, 1.54) is 5.38 Å². The molecule has 12 heavy (non-hydrogen) atoms. The van der Waals surface area contributed by atoms with E-state index in [-0.39, 0.29) is 5.56 Å². The molecule has 2 rings (SSSR count). The second-order valence-corrected chi connectivity index (χ2v) is 3.03. The Labute approximate surface area is 70.9 Å². The highest BCUT2D eigenvalue weighted by Gasteiger charge is 2.13. The summed E-state index contributed by atoms with van der Waals surface area (Å²) >= 11 is 0.734. The molecule has 62 valence electrons. The third kappa shape index (κ3) is 1.02. The van der Waals surface area contributed by atoms with Gasteiger partial charge in [-0.3, -0.25) is 5.10 Å². The molecule has 0 aliphatic rings. The van der Waals surface area contributed by atoms with Crippen molar-refractivity contribution >= 4 is 11.3 Å². The summed E-state index contributed by atoms with van der Waals surface area (Å²) in [5.74, 6) is -0.827. The molecule has 1 N–H and O–H groups in total. The molecule has 2 heterocycles. The predicted octanol–water partition coefficient (Wildman–Crippen LogP) is 2.42. The Morgan fingerprint density at radius 1 is 1.42 bits per heavy atom. The van der Waals surface area contributed by atoms with Gasteiger partial charge in [-0.15, -0.1) is 11.3 Å². The fraction of sp³-hybridized carbons (Fsp3) is 0. The van der Waals surface area contributed by atoms with E-state index < -0.39 is 10.9 Å². The van der Waals surface area contributed by atoms with E-state index in [9.17, 15) is 8.78 Å². The van der Waals surface area contributed by atoms with Crippen LogP contribution >= 0.6 is 11.3 Å². The minimum absolute atomic E-state index is 0.207. The molecular formula is C7H4F2N2S. The highest BCUT2D eigenvalue weighted by molar-refractivity contribution is 7.08. The van der Waals surface area contributed by atoms with Crippen LogP contribution in [-0.2, 0) is 0 Å². The minimum Gasteiger partial charge on any atom is -0.285 e. The minimum atomic E-state index is -0.827. The lowest BCUT2D eigenvalue weighted by Crippen LogP contribution is -1.80. The summed E-state index contributed by atoms with van der Waals surface area (Å²) in [5, 5.41) is 6.87. The Balaban J connectivity index is 2.55. The van der Waals surface area contributed by atoms with Crippen LogP contribution in [-0.4, -0.2) is 10.2 Å². The van der Waals surface area contributed by atoms with Gasteiger partial charge >= 0.3 is 0 Å². The van der Waals surface area contributed by atoms with E-state index in [0.717, 1.165) is 11.3 Å². The summed E-state index contributed by atoms with van der Waals surface area (Å²) < 4.78 is 25.4. The summed E-state index contributed by atoms with van der Waals surface area (Å²) in [6, 6.07) is 1.59. The largest absolute Gasteiger partial charge is 0.285 e. The van der Waals surface area contributed by atoms with Gasteiger partial charge in [-0.25, -0.2) is 4.39 Å². The molecule has 0 aromatic carbocycles. The fourth-order valence-corrected chi connectivity index (χ4v) is 1.56. The molecule has 0 aliphatic carbocycles. The summed E-state index contributed by atoms with van der Waals surface area (Å²) in [4.78, 5) is 0. The molecule has 0 bridgehead atoms. The molecule has 2 aromatic rings. The van der Waals surface area contributed by atoms with Crippen LogP contribution in [0.3, 0.4) is 0 Å². The number of hydrogen-bond donors (Lipinski definition) is 1. The lowest BCUT2D eigenvalue weighted by atomic mass is 10.2. The Morgan fingerprint density at radius 3 is 2.75 bits per heavy atom. The van der Waals surface area contributed by atoms with Gasteiger partial charge in [-0.05, 0) is 6.07 Å². The van der Waals surface area contributed by atoms with Crippen molar-refractivity contribution in [2.75, 3.05) is 0 Å². The average molecular weight is 186 g/mol. The van der Waals surface area contributed by atoms with Crippen LogP contribution < -0.4 is 0 Å². The zero-order valence-electron chi connectivity index (χ0n) is 5.84. The molecular weight excluding hydrogens is 182 g/mol. The van der Waals surface area contributed by atoms with E-state index in [0.29, 0.717) is 5.69 Å². The number of rotatable bonds is 1. The molecule has 2 nitrogen and oxygen atoms in total. The number of nitrogens with zero attached hydrogens (tertiary/aromatic N) is 1. The first kappa shape index (κ1) is 7.42. The highest BCUT2D eigenvalue weighted by Crippen LogP contribution is 2.27. The highest BCUT2D eigenvalue weighted by atomic mass is 32.1. The quantitative estimate of drug-likeness (QED) is 0.727. The van der Waals surface area contributed by atoms with Crippen molar-refractivity contribution in [1.29, 1.82) is 0 Å². The third-order valence-electron chi connectivity index (χ3n) is 1.47. The summed E-state index contributed by atoms with van der Waals surface area (Å²) in [6.07, 6.45) is 1.56. The molecule has 0 spiro atoms. The molecule has 5 heteroatoms. The number of halogens is 2. The first-order valence-corrected chi connectivity index (χ1v) is 4.09. The molecule has 0 unspecified atom stereocenters. The maximum Gasteiger partial charge on any atom is 0.212 e. The second kappa shape index (κ2) is 2.67. The van der Waals surface area contributed by atoms with Crippen molar-refractivity contribution in [1.82, 2.24) is 10.2 Å². The van der Waals surface area contributed by atoms with Gasteiger partial charge in [0.2, 0.25) is 5.13 Å². The molecule has 0 amide bonds. The Bertz CT molecular complexity index is 380. The normalized spacial score (nSPS) is 10.5. The fourth-order valence-electron chi connectivity index (χ4n) is 0.903. The van der Waals surface area contributed by atoms with E-state index in [1.54, 1.807) is 12.3 Å². The van der Waals surface area contributed by atoms with Crippen LogP contribution in [0.15, 0.2) is 17.6 Å². The van der Waals surface area contributed by atoms with Crippen molar-refractivity contribution < 1.29 is 8.78 Å². The number of H-pyrrole nitrogens is 1. The first-order chi connectivity index (χ1) is 5.79. The van der Waals surface area contributed by atoms with Gasteiger partial charge in [0.15, 0.2) is 5.82 Å². The van der Waals surface area contributed by atoms with Crippen LogP contribution in [0, 0.1) is 10.9 Å². The summed E-state index contributed by atoms with van der Waals surface area (Å²) in [6.45, 7) is 0. The van der Waals surface area contributed by atoms with E-state index in [2.05, 4.69) is 10.2 Å². The number of nitrogens with one attached hydrogen (secondary N) is 1. The van der Waals surface area contributed by atoms with Crippen molar-refractivity contribution in [3.8, 4) is 11.3 Å². The monoisotopic (exact) mass is 186 g/mol. The smallest absolute Gasteiger partial charge is 0.212 e. The number of thiophene rings is 1. The van der Waals surface area contributed by atoms with Crippen molar-refractivity contribution in [2.24, 2.45) is 0 Å². The van der Waals surface area contributed by atoms with E-state index in [1.807, 2.05) is 0 Å². The van der Waals surface area contributed by atoms with Crippen LogP contribution in [0.2, 0.25) is 0 Å². The van der Waals surface area contributed by atoms with Gasteiger partial charge < -0.3 is 0 Å². The maximum absolute atomic E-state index is 12.9. The van der Waals surface area contributed by atoms with Crippen LogP contribution in [0.4, 0.5) is 8.78 Å². The summed E-state index contributed by atoms with van der Waals surface area (Å²) in [7, 11) is 0. The standard InChI is InChI=1S/C7H4F2N2S/c8-6-4(3-12-7(6)9)5-1-2-10-11-5/h1-3H,(H,10,11). The van der Waals surface area contributed by atoms with Gasteiger partial charge in [0.05, 0.1) is 11.3 Å². The molecule has 0 atom stereocenters. The molecule has 0 radical (unpaired) electrons. The van der Waals surface area contributed by atoms with Crippen molar-refractivity contribution in [3.63, 3.8) is 0 Å². The molecule has 0 saturated carbocycles. The van der Waals surface area contributed by atoms with Gasteiger partial charge in [0.25, 0.3) is 0 Å². The van der Waals surface area contributed by atoms with Gasteiger partial charge in [0.1, 0.15) is 0 Å². The van der Waals surface area contributed by atoms with Crippen LogP contribution in [0.1, 0.15) is 0 Å².